The maximum absolute atomic E-state index is 12.4. The van der Waals surface area contributed by atoms with Gasteiger partial charge < -0.3 is 23.9 Å². The third-order valence-electron chi connectivity index (χ3n) is 4.77. The maximum atomic E-state index is 12.4. The van der Waals surface area contributed by atoms with Crippen molar-refractivity contribution >= 4 is 11.7 Å². The van der Waals surface area contributed by atoms with Gasteiger partial charge in [-0.15, -0.1) is 0 Å². The van der Waals surface area contributed by atoms with Gasteiger partial charge in [0.05, 0.1) is 26.5 Å². The molecule has 2 aromatic rings. The van der Waals surface area contributed by atoms with Gasteiger partial charge in [-0.2, -0.15) is 15.6 Å². The molecule has 2 aromatic carbocycles. The number of benzene rings is 2. The van der Waals surface area contributed by atoms with Crippen LogP contribution in [0.3, 0.4) is 0 Å². The van der Waals surface area contributed by atoms with Crippen LogP contribution in [0.15, 0.2) is 42.5 Å². The fourth-order valence-corrected chi connectivity index (χ4v) is 3.00. The number of carbonyl (C=O) groups is 1. The second-order valence-corrected chi connectivity index (χ2v) is 6.67. The summed E-state index contributed by atoms with van der Waals surface area (Å²) in [6.07, 6.45) is 2.67. The lowest BCUT2D eigenvalue weighted by Crippen LogP contribution is -2.38. The predicted octanol–water partition coefficient (Wildman–Crippen LogP) is 3.81. The molecule has 2 amide bonds. The molecule has 0 fully saturated rings. The highest BCUT2D eigenvalue weighted by Gasteiger charge is 2.18. The van der Waals surface area contributed by atoms with Crippen LogP contribution in [-0.4, -0.2) is 51.4 Å². The average molecular weight is 443 g/mol. The quantitative estimate of drug-likeness (QED) is 0.231. The minimum Gasteiger partial charge on any atom is -0.493 e. The number of nitrogens with zero attached hydrogens (tertiary/aromatic N) is 3. The van der Waals surface area contributed by atoms with E-state index in [1.54, 1.807) is 42.5 Å². The van der Waals surface area contributed by atoms with Crippen molar-refractivity contribution < 1.29 is 23.8 Å². The highest BCUT2D eigenvalue weighted by atomic mass is 16.7. The third-order valence-corrected chi connectivity index (χ3v) is 4.77. The molecule has 0 aliphatic heterocycles. The summed E-state index contributed by atoms with van der Waals surface area (Å²) in [5, 5.41) is 9.32. The van der Waals surface area contributed by atoms with Crippen molar-refractivity contribution in [3.63, 3.8) is 0 Å². The number of hydroxylamine groups is 1. The summed E-state index contributed by atoms with van der Waals surface area (Å²) in [5.41, 5.74) is 2.67. The molecule has 32 heavy (non-hydrogen) atoms. The number of rotatable bonds is 12. The molecule has 0 aromatic heterocycles. The molecule has 0 heterocycles. The molecule has 172 valence electrons. The molecule has 0 unspecified atom stereocenters. The van der Waals surface area contributed by atoms with Crippen LogP contribution in [0.25, 0.3) is 0 Å². The highest BCUT2D eigenvalue weighted by Crippen LogP contribution is 2.41. The Morgan fingerprint density at radius 2 is 1.69 bits per heavy atom. The van der Waals surface area contributed by atoms with Gasteiger partial charge in [0.1, 0.15) is 0 Å². The first-order valence-electron chi connectivity index (χ1n) is 10.4. The van der Waals surface area contributed by atoms with Crippen molar-refractivity contribution in [1.82, 2.24) is 10.4 Å². The number of nitrogens with one attached hydrogen (secondary N) is 1. The molecule has 9 nitrogen and oxygen atoms in total. The van der Waals surface area contributed by atoms with E-state index in [0.29, 0.717) is 29.5 Å². The average Bonchev–Trinajstić information content (AvgIpc) is 2.83. The lowest BCUT2D eigenvalue weighted by Gasteiger charge is -2.19. The number of para-hydroxylation sites is 1. The van der Waals surface area contributed by atoms with Crippen LogP contribution in [0.1, 0.15) is 20.3 Å². The van der Waals surface area contributed by atoms with Crippen LogP contribution >= 0.6 is 0 Å². The van der Waals surface area contributed by atoms with Crippen molar-refractivity contribution in [3.05, 3.63) is 42.5 Å². The second kappa shape index (κ2) is 12.9. The molecule has 0 saturated heterocycles. The Kier molecular flexibility index (Phi) is 9.94. The van der Waals surface area contributed by atoms with Gasteiger partial charge in [-0.3, -0.25) is 0 Å². The van der Waals surface area contributed by atoms with Crippen LogP contribution < -0.4 is 29.4 Å². The molecular weight excluding hydrogens is 412 g/mol. The molecule has 0 aliphatic carbocycles. The zero-order valence-corrected chi connectivity index (χ0v) is 19.0. The van der Waals surface area contributed by atoms with Crippen LogP contribution in [0, 0.1) is 11.5 Å². The SMILES string of the molecule is CCN(CC)CCCOc1c(OC)cc(ONC(=O)N(C#N)c2ccccc2)cc1OC. The fourth-order valence-electron chi connectivity index (χ4n) is 3.00. The van der Waals surface area contributed by atoms with Gasteiger partial charge in [-0.1, -0.05) is 32.0 Å². The van der Waals surface area contributed by atoms with Gasteiger partial charge in [0.2, 0.25) is 5.75 Å². The van der Waals surface area contributed by atoms with E-state index in [0.717, 1.165) is 31.0 Å². The van der Waals surface area contributed by atoms with E-state index in [1.807, 2.05) is 6.19 Å². The Hall–Kier alpha value is -3.64. The Morgan fingerprint density at radius 1 is 1.06 bits per heavy atom. The summed E-state index contributed by atoms with van der Waals surface area (Å²) in [7, 11) is 3.01. The Bertz CT molecular complexity index is 872. The van der Waals surface area contributed by atoms with E-state index in [4.69, 9.17) is 19.0 Å². The summed E-state index contributed by atoms with van der Waals surface area (Å²) >= 11 is 0. The molecule has 0 radical (unpaired) electrons. The first-order valence-corrected chi connectivity index (χ1v) is 10.4. The largest absolute Gasteiger partial charge is 0.493 e. The summed E-state index contributed by atoms with van der Waals surface area (Å²) in [6, 6.07) is 10.9. The number of hydrogen-bond acceptors (Lipinski definition) is 7. The number of carbonyl (C=O) groups excluding carboxylic acids is 1. The minimum absolute atomic E-state index is 0.258. The number of methoxy groups -OCH3 is 2. The van der Waals surface area contributed by atoms with Gasteiger partial charge in [-0.25, -0.2) is 4.79 Å². The zero-order chi connectivity index (χ0) is 23.3. The molecular formula is C23H30N4O5. The summed E-state index contributed by atoms with van der Waals surface area (Å²) in [4.78, 5) is 21.0. The van der Waals surface area contributed by atoms with E-state index in [1.165, 1.54) is 14.2 Å². The molecule has 0 bridgehead atoms. The number of urea groups is 1. The van der Waals surface area contributed by atoms with E-state index in [-0.39, 0.29) is 5.75 Å². The van der Waals surface area contributed by atoms with Crippen LogP contribution in [0.4, 0.5) is 10.5 Å². The lowest BCUT2D eigenvalue weighted by molar-refractivity contribution is 0.183. The first-order chi connectivity index (χ1) is 15.6. The van der Waals surface area contributed by atoms with Crippen molar-refractivity contribution in [1.29, 1.82) is 5.26 Å². The monoisotopic (exact) mass is 442 g/mol. The summed E-state index contributed by atoms with van der Waals surface area (Å²) in [5.74, 6) is 1.51. The first kappa shape index (κ1) is 24.6. The van der Waals surface area contributed by atoms with Gasteiger partial charge in [-0.05, 0) is 31.6 Å². The Balaban J connectivity index is 2.05. The summed E-state index contributed by atoms with van der Waals surface area (Å²) < 4.78 is 16.8. The molecule has 0 spiro atoms. The van der Waals surface area contributed by atoms with Gasteiger partial charge in [0.25, 0.3) is 0 Å². The van der Waals surface area contributed by atoms with Crippen molar-refractivity contribution in [3.8, 4) is 29.2 Å². The smallest absolute Gasteiger partial charge is 0.368 e. The zero-order valence-electron chi connectivity index (χ0n) is 19.0. The van der Waals surface area contributed by atoms with Gasteiger partial charge in [0, 0.05) is 18.7 Å². The van der Waals surface area contributed by atoms with E-state index in [2.05, 4.69) is 24.2 Å². The third kappa shape index (κ3) is 6.68. The standard InChI is InChI=1S/C23H30N4O5/c1-5-26(6-2)13-10-14-31-22-20(29-3)15-19(16-21(22)30-4)32-25-23(28)27(17-24)18-11-8-7-9-12-18/h7-9,11-12,15-16H,5-6,10,13-14H2,1-4H3,(H,25,28). The molecule has 0 atom stereocenters. The minimum atomic E-state index is -0.742. The molecule has 9 heteroatoms. The van der Waals surface area contributed by atoms with Gasteiger partial charge >= 0.3 is 6.03 Å². The van der Waals surface area contributed by atoms with E-state index in [9.17, 15) is 10.1 Å². The topological polar surface area (TPSA) is 96.3 Å². The molecule has 0 saturated carbocycles. The molecule has 0 aliphatic rings. The second-order valence-electron chi connectivity index (χ2n) is 6.67. The van der Waals surface area contributed by atoms with Crippen LogP contribution in [0.5, 0.6) is 23.0 Å². The lowest BCUT2D eigenvalue weighted by atomic mass is 10.2. The molecule has 1 N–H and O–H groups in total. The Morgan fingerprint density at radius 3 is 2.22 bits per heavy atom. The highest BCUT2D eigenvalue weighted by molar-refractivity contribution is 5.94. The van der Waals surface area contributed by atoms with E-state index < -0.39 is 6.03 Å². The molecule has 2 rings (SSSR count). The fraction of sp³-hybridized carbons (Fsp3) is 0.391. The Labute approximate surface area is 189 Å². The van der Waals surface area contributed by atoms with Crippen molar-refractivity contribution in [2.45, 2.75) is 20.3 Å². The van der Waals surface area contributed by atoms with Crippen LogP contribution in [0.2, 0.25) is 0 Å². The van der Waals surface area contributed by atoms with Crippen molar-refractivity contribution in [2.75, 3.05) is 45.4 Å². The van der Waals surface area contributed by atoms with Crippen molar-refractivity contribution in [2.24, 2.45) is 0 Å². The summed E-state index contributed by atoms with van der Waals surface area (Å²) in [6.45, 7) is 7.67. The number of hydrogen-bond donors (Lipinski definition) is 1. The van der Waals surface area contributed by atoms with Gasteiger partial charge in [0.15, 0.2) is 23.4 Å². The normalized spacial score (nSPS) is 10.2. The van der Waals surface area contributed by atoms with Crippen LogP contribution in [-0.2, 0) is 0 Å². The number of nitriles is 1. The maximum Gasteiger partial charge on any atom is 0.368 e. The predicted molar refractivity (Wildman–Crippen MR) is 121 cm³/mol. The number of ether oxygens (including phenoxy) is 3. The number of anilines is 1. The number of amides is 2. The van der Waals surface area contributed by atoms with E-state index >= 15 is 0 Å².